The molecule has 2 amide bonds. The lowest BCUT2D eigenvalue weighted by molar-refractivity contribution is -0.384. The monoisotopic (exact) mass is 396 g/mol. The Kier molecular flexibility index (Phi) is 5.75. The van der Waals surface area contributed by atoms with Gasteiger partial charge in [0, 0.05) is 28.6 Å². The number of carbonyl (C=O) groups excluding carboxylic acids is 2. The lowest BCUT2D eigenvalue weighted by Crippen LogP contribution is -2.42. The molecule has 9 heteroatoms. The third-order valence-electron chi connectivity index (χ3n) is 3.81. The van der Waals surface area contributed by atoms with E-state index in [-0.39, 0.29) is 17.7 Å². The molecule has 0 aliphatic carbocycles. The Morgan fingerprint density at radius 1 is 1.14 bits per heavy atom. The Morgan fingerprint density at radius 2 is 1.89 bits per heavy atom. The van der Waals surface area contributed by atoms with Crippen LogP contribution >= 0.6 is 11.3 Å². The lowest BCUT2D eigenvalue weighted by atomic mass is 10.1. The summed E-state index contributed by atoms with van der Waals surface area (Å²) in [6, 6.07) is 13.0. The largest absolute Gasteiger partial charge is 0.273 e. The second-order valence-corrected chi connectivity index (χ2v) is 6.85. The molecule has 0 radical (unpaired) electrons. The first-order chi connectivity index (χ1) is 13.4. The molecule has 0 unspecified atom stereocenters. The van der Waals surface area contributed by atoms with Crippen molar-refractivity contribution in [2.75, 3.05) is 0 Å². The number of carbonyl (C=O) groups is 2. The van der Waals surface area contributed by atoms with E-state index in [0.29, 0.717) is 5.69 Å². The molecule has 0 aliphatic heterocycles. The molecule has 0 atom stereocenters. The summed E-state index contributed by atoms with van der Waals surface area (Å²) in [5.74, 6) is -0.988. The first-order valence-corrected chi connectivity index (χ1v) is 9.15. The molecule has 8 nitrogen and oxygen atoms in total. The zero-order chi connectivity index (χ0) is 20.1. The molecule has 1 aromatic heterocycles. The van der Waals surface area contributed by atoms with E-state index in [1.54, 1.807) is 5.38 Å². The van der Waals surface area contributed by atoms with Crippen LogP contribution in [0.15, 0.2) is 53.9 Å². The molecule has 3 rings (SSSR count). The molecular formula is C19H16N4O4S. The number of hydrogen-bond donors (Lipinski definition) is 2. The van der Waals surface area contributed by atoms with Gasteiger partial charge in [0.15, 0.2) is 0 Å². The fourth-order valence-electron chi connectivity index (χ4n) is 2.44. The van der Waals surface area contributed by atoms with Crippen LogP contribution in [0.5, 0.6) is 0 Å². The number of aromatic nitrogens is 1. The van der Waals surface area contributed by atoms with Crippen LogP contribution in [-0.4, -0.2) is 21.7 Å². The third kappa shape index (κ3) is 4.77. The van der Waals surface area contributed by atoms with E-state index >= 15 is 0 Å². The zero-order valence-electron chi connectivity index (χ0n) is 14.8. The van der Waals surface area contributed by atoms with Crippen molar-refractivity contribution in [3.05, 3.63) is 80.8 Å². The lowest BCUT2D eigenvalue weighted by Gasteiger charge is -2.06. The molecule has 0 spiro atoms. The van der Waals surface area contributed by atoms with Gasteiger partial charge in [-0.2, -0.15) is 0 Å². The second-order valence-electron chi connectivity index (χ2n) is 6.00. The number of non-ortho nitro benzene ring substituents is 1. The van der Waals surface area contributed by atoms with Gasteiger partial charge in [0.25, 0.3) is 11.6 Å². The SMILES string of the molecule is Cc1cccc(-c2nc(CC(=O)NNC(=O)c3ccc([N+](=O)[O-])cc3)cs2)c1. The molecule has 0 bridgehead atoms. The van der Waals surface area contributed by atoms with E-state index in [1.807, 2.05) is 31.2 Å². The summed E-state index contributed by atoms with van der Waals surface area (Å²) in [6.07, 6.45) is 0.0167. The minimum Gasteiger partial charge on any atom is -0.273 e. The predicted octanol–water partition coefficient (Wildman–Crippen LogP) is 3.03. The quantitative estimate of drug-likeness (QED) is 0.508. The molecule has 0 saturated heterocycles. The maximum absolute atomic E-state index is 12.0. The van der Waals surface area contributed by atoms with Crippen molar-refractivity contribution in [1.82, 2.24) is 15.8 Å². The summed E-state index contributed by atoms with van der Waals surface area (Å²) in [6.45, 7) is 2.00. The fourth-order valence-corrected chi connectivity index (χ4v) is 3.26. The number of thiazole rings is 1. The Bertz CT molecular complexity index is 1030. The topological polar surface area (TPSA) is 114 Å². The average molecular weight is 396 g/mol. The van der Waals surface area contributed by atoms with Crippen LogP contribution in [0.2, 0.25) is 0 Å². The van der Waals surface area contributed by atoms with E-state index in [1.165, 1.54) is 35.6 Å². The van der Waals surface area contributed by atoms with Gasteiger partial charge in [-0.05, 0) is 25.1 Å². The van der Waals surface area contributed by atoms with Crippen molar-refractivity contribution < 1.29 is 14.5 Å². The number of hydrazine groups is 1. The third-order valence-corrected chi connectivity index (χ3v) is 4.75. The van der Waals surface area contributed by atoms with Crippen LogP contribution < -0.4 is 10.9 Å². The van der Waals surface area contributed by atoms with Crippen LogP contribution in [-0.2, 0) is 11.2 Å². The molecule has 1 heterocycles. The molecule has 0 saturated carbocycles. The van der Waals surface area contributed by atoms with E-state index < -0.39 is 16.7 Å². The molecule has 0 fully saturated rings. The van der Waals surface area contributed by atoms with Gasteiger partial charge in [-0.15, -0.1) is 11.3 Å². The van der Waals surface area contributed by atoms with Crippen LogP contribution in [0, 0.1) is 17.0 Å². The van der Waals surface area contributed by atoms with Crippen molar-refractivity contribution in [2.24, 2.45) is 0 Å². The number of nitrogens with one attached hydrogen (secondary N) is 2. The summed E-state index contributed by atoms with van der Waals surface area (Å²) in [4.78, 5) is 38.6. The van der Waals surface area contributed by atoms with Gasteiger partial charge in [0.05, 0.1) is 17.0 Å². The molecule has 2 N–H and O–H groups in total. The van der Waals surface area contributed by atoms with Crippen LogP contribution in [0.3, 0.4) is 0 Å². The van der Waals surface area contributed by atoms with Crippen molar-refractivity contribution in [2.45, 2.75) is 13.3 Å². The van der Waals surface area contributed by atoms with E-state index in [4.69, 9.17) is 0 Å². The highest BCUT2D eigenvalue weighted by Gasteiger charge is 2.12. The summed E-state index contributed by atoms with van der Waals surface area (Å²) in [5, 5.41) is 13.2. The zero-order valence-corrected chi connectivity index (χ0v) is 15.7. The predicted molar refractivity (Wildman–Crippen MR) is 105 cm³/mol. The minimum atomic E-state index is -0.568. The van der Waals surface area contributed by atoms with Crippen LogP contribution in [0.25, 0.3) is 10.6 Å². The Morgan fingerprint density at radius 3 is 2.57 bits per heavy atom. The van der Waals surface area contributed by atoms with Gasteiger partial charge in [-0.3, -0.25) is 30.6 Å². The Labute approximate surface area is 164 Å². The molecule has 3 aromatic rings. The number of hydrogen-bond acceptors (Lipinski definition) is 6. The van der Waals surface area contributed by atoms with Crippen molar-refractivity contribution in [3.8, 4) is 10.6 Å². The summed E-state index contributed by atoms with van der Waals surface area (Å²) in [7, 11) is 0. The first kappa shape index (κ1) is 19.2. The minimum absolute atomic E-state index is 0.0167. The highest BCUT2D eigenvalue weighted by Crippen LogP contribution is 2.24. The van der Waals surface area contributed by atoms with Crippen molar-refractivity contribution >= 4 is 28.8 Å². The average Bonchev–Trinajstić information content (AvgIpc) is 3.14. The van der Waals surface area contributed by atoms with Gasteiger partial charge in [0.2, 0.25) is 5.91 Å². The number of benzene rings is 2. The fraction of sp³-hybridized carbons (Fsp3) is 0.105. The Balaban J connectivity index is 1.54. The van der Waals surface area contributed by atoms with Gasteiger partial charge < -0.3 is 0 Å². The Hall–Kier alpha value is -3.59. The maximum atomic E-state index is 12.0. The van der Waals surface area contributed by atoms with Gasteiger partial charge in [-0.1, -0.05) is 23.8 Å². The number of nitro groups is 1. The maximum Gasteiger partial charge on any atom is 0.269 e. The summed E-state index contributed by atoms with van der Waals surface area (Å²) < 4.78 is 0. The smallest absolute Gasteiger partial charge is 0.269 e. The molecule has 0 aliphatic rings. The molecule has 2 aromatic carbocycles. The molecule has 142 valence electrons. The summed E-state index contributed by atoms with van der Waals surface area (Å²) >= 11 is 1.44. The number of rotatable bonds is 5. The number of amides is 2. The van der Waals surface area contributed by atoms with Crippen LogP contribution in [0.4, 0.5) is 5.69 Å². The normalized spacial score (nSPS) is 10.3. The number of aryl methyl sites for hydroxylation is 1. The molecular weight excluding hydrogens is 380 g/mol. The van der Waals surface area contributed by atoms with Crippen molar-refractivity contribution in [3.63, 3.8) is 0 Å². The number of nitrogens with zero attached hydrogens (tertiary/aromatic N) is 2. The van der Waals surface area contributed by atoms with E-state index in [0.717, 1.165) is 16.1 Å². The highest BCUT2D eigenvalue weighted by atomic mass is 32.1. The van der Waals surface area contributed by atoms with Crippen LogP contribution in [0.1, 0.15) is 21.6 Å². The van der Waals surface area contributed by atoms with Gasteiger partial charge in [0.1, 0.15) is 5.01 Å². The van der Waals surface area contributed by atoms with Crippen molar-refractivity contribution in [1.29, 1.82) is 0 Å². The van der Waals surface area contributed by atoms with E-state index in [2.05, 4.69) is 15.8 Å². The molecule has 28 heavy (non-hydrogen) atoms. The second kappa shape index (κ2) is 8.40. The van der Waals surface area contributed by atoms with Gasteiger partial charge >= 0.3 is 0 Å². The standard InChI is InChI=1S/C19H16N4O4S/c1-12-3-2-4-14(9-12)19-20-15(11-28-19)10-17(24)21-22-18(25)13-5-7-16(8-6-13)23(26)27/h2-9,11H,10H2,1H3,(H,21,24)(H,22,25). The van der Waals surface area contributed by atoms with E-state index in [9.17, 15) is 19.7 Å². The van der Waals surface area contributed by atoms with Gasteiger partial charge in [-0.25, -0.2) is 4.98 Å². The number of nitro benzene ring substituents is 1. The highest BCUT2D eigenvalue weighted by molar-refractivity contribution is 7.13. The first-order valence-electron chi connectivity index (χ1n) is 8.27. The summed E-state index contributed by atoms with van der Waals surface area (Å²) in [5.41, 5.74) is 7.39.